The summed E-state index contributed by atoms with van der Waals surface area (Å²) in [5.41, 5.74) is 3.52. The first-order valence-electron chi connectivity index (χ1n) is 11.8. The van der Waals surface area contributed by atoms with Crippen molar-refractivity contribution >= 4 is 29.2 Å². The highest BCUT2D eigenvalue weighted by Gasteiger charge is 2.14. The molecule has 0 aromatic heterocycles. The van der Waals surface area contributed by atoms with Gasteiger partial charge in [0.1, 0.15) is 11.5 Å². The zero-order valence-corrected chi connectivity index (χ0v) is 21.1. The van der Waals surface area contributed by atoms with Gasteiger partial charge in [-0.2, -0.15) is 0 Å². The molecule has 0 saturated carbocycles. The maximum absolute atomic E-state index is 12.2. The fourth-order valence-corrected chi connectivity index (χ4v) is 3.34. The van der Waals surface area contributed by atoms with E-state index >= 15 is 0 Å². The molecule has 0 saturated heterocycles. The number of benzene rings is 3. The smallest absolute Gasteiger partial charge is 0.306 e. The summed E-state index contributed by atoms with van der Waals surface area (Å²) in [6.07, 6.45) is -0.188. The molecule has 0 heterocycles. The molecular weight excluding hydrogens is 456 g/mol. The Morgan fingerprint density at radius 2 is 1.36 bits per heavy atom. The average Bonchev–Trinajstić information content (AvgIpc) is 2.82. The fourth-order valence-electron chi connectivity index (χ4n) is 3.34. The number of rotatable bonds is 9. The molecule has 36 heavy (non-hydrogen) atoms. The highest BCUT2D eigenvalue weighted by molar-refractivity contribution is 5.94. The molecule has 3 rings (SSSR count). The standard InChI is InChI=1S/C29H32N2O5/c1-20-6-5-7-23(18-20)31-27(33)19-35-28(34)17-16-26(32)30-22-10-14-25(15-11-22)36-24-12-8-21(9-13-24)29(2,3)4/h5-15,18H,16-17,19H2,1-4H3,(H,30,32)(H,31,33). The van der Waals surface area contributed by atoms with Crippen molar-refractivity contribution in [3.8, 4) is 11.5 Å². The minimum atomic E-state index is -0.620. The normalized spacial score (nSPS) is 10.9. The summed E-state index contributed by atoms with van der Waals surface area (Å²) in [5.74, 6) is -0.0193. The lowest BCUT2D eigenvalue weighted by Crippen LogP contribution is -2.21. The lowest BCUT2D eigenvalue weighted by Gasteiger charge is -2.19. The van der Waals surface area contributed by atoms with Crippen LogP contribution in [0.1, 0.15) is 44.7 Å². The molecular formula is C29H32N2O5. The van der Waals surface area contributed by atoms with Crippen molar-refractivity contribution in [3.63, 3.8) is 0 Å². The summed E-state index contributed by atoms with van der Waals surface area (Å²) < 4.78 is 10.8. The van der Waals surface area contributed by atoms with Crippen molar-refractivity contribution < 1.29 is 23.9 Å². The van der Waals surface area contributed by atoms with Gasteiger partial charge in [-0.15, -0.1) is 0 Å². The number of amides is 2. The average molecular weight is 489 g/mol. The topological polar surface area (TPSA) is 93.7 Å². The Hall–Kier alpha value is -4.13. The van der Waals surface area contributed by atoms with Crippen LogP contribution in [0.4, 0.5) is 11.4 Å². The van der Waals surface area contributed by atoms with Gasteiger partial charge < -0.3 is 20.1 Å². The molecule has 2 N–H and O–H groups in total. The number of carbonyl (C=O) groups excluding carboxylic acids is 3. The van der Waals surface area contributed by atoms with Crippen LogP contribution in [-0.2, 0) is 24.5 Å². The highest BCUT2D eigenvalue weighted by Crippen LogP contribution is 2.27. The van der Waals surface area contributed by atoms with E-state index in [2.05, 4.69) is 31.4 Å². The van der Waals surface area contributed by atoms with E-state index in [0.29, 0.717) is 17.1 Å². The van der Waals surface area contributed by atoms with E-state index in [1.54, 1.807) is 30.3 Å². The Morgan fingerprint density at radius 1 is 0.750 bits per heavy atom. The zero-order valence-electron chi connectivity index (χ0n) is 21.1. The first kappa shape index (κ1) is 26.5. The molecule has 0 bridgehead atoms. The molecule has 2 amide bonds. The summed E-state index contributed by atoms with van der Waals surface area (Å²) in [7, 11) is 0. The van der Waals surface area contributed by atoms with Crippen molar-refractivity contribution in [3.05, 3.63) is 83.9 Å². The Kier molecular flexibility index (Phi) is 8.84. The van der Waals surface area contributed by atoms with E-state index < -0.39 is 18.5 Å². The molecule has 188 valence electrons. The van der Waals surface area contributed by atoms with Crippen molar-refractivity contribution in [1.82, 2.24) is 0 Å². The van der Waals surface area contributed by atoms with E-state index in [9.17, 15) is 14.4 Å². The molecule has 0 spiro atoms. The van der Waals surface area contributed by atoms with E-state index in [1.165, 1.54) is 5.56 Å². The molecule has 0 aliphatic carbocycles. The number of hydrogen-bond acceptors (Lipinski definition) is 5. The van der Waals surface area contributed by atoms with Gasteiger partial charge in [-0.05, 0) is 72.0 Å². The third-order valence-corrected chi connectivity index (χ3v) is 5.32. The quantitative estimate of drug-likeness (QED) is 0.361. The molecule has 7 nitrogen and oxygen atoms in total. The Morgan fingerprint density at radius 3 is 1.97 bits per heavy atom. The largest absolute Gasteiger partial charge is 0.457 e. The zero-order chi connectivity index (χ0) is 26.1. The molecule has 0 atom stereocenters. The monoisotopic (exact) mass is 488 g/mol. The van der Waals surface area contributed by atoms with Gasteiger partial charge in [0, 0.05) is 17.8 Å². The van der Waals surface area contributed by atoms with Crippen molar-refractivity contribution in [2.75, 3.05) is 17.2 Å². The summed E-state index contributed by atoms with van der Waals surface area (Å²) in [6.45, 7) is 7.98. The van der Waals surface area contributed by atoms with Gasteiger partial charge in [0.15, 0.2) is 6.61 Å². The second kappa shape index (κ2) is 12.0. The van der Waals surface area contributed by atoms with Crippen LogP contribution in [0.3, 0.4) is 0 Å². The molecule has 0 aliphatic rings. The lowest BCUT2D eigenvalue weighted by molar-refractivity contribution is -0.147. The maximum atomic E-state index is 12.2. The van der Waals surface area contributed by atoms with Gasteiger partial charge in [-0.25, -0.2) is 0 Å². The van der Waals surface area contributed by atoms with E-state index in [0.717, 1.165) is 11.3 Å². The molecule has 0 radical (unpaired) electrons. The molecule has 0 unspecified atom stereocenters. The van der Waals surface area contributed by atoms with Crippen LogP contribution >= 0.6 is 0 Å². The summed E-state index contributed by atoms with van der Waals surface area (Å²) >= 11 is 0. The molecule has 3 aromatic carbocycles. The van der Waals surface area contributed by atoms with Crippen LogP contribution < -0.4 is 15.4 Å². The van der Waals surface area contributed by atoms with Crippen LogP contribution in [-0.4, -0.2) is 24.4 Å². The lowest BCUT2D eigenvalue weighted by atomic mass is 9.87. The van der Waals surface area contributed by atoms with E-state index in [4.69, 9.17) is 9.47 Å². The number of hydrogen-bond donors (Lipinski definition) is 2. The first-order valence-corrected chi connectivity index (χ1v) is 11.8. The Bertz CT molecular complexity index is 1200. The van der Waals surface area contributed by atoms with Gasteiger partial charge in [-0.1, -0.05) is 45.0 Å². The number of anilines is 2. The number of ether oxygens (including phenoxy) is 2. The number of esters is 1. The Labute approximate surface area is 211 Å². The van der Waals surface area contributed by atoms with Gasteiger partial charge in [0.25, 0.3) is 5.91 Å². The van der Waals surface area contributed by atoms with Crippen molar-refractivity contribution in [1.29, 1.82) is 0 Å². The fraction of sp³-hybridized carbons (Fsp3) is 0.276. The SMILES string of the molecule is Cc1cccc(NC(=O)COC(=O)CCC(=O)Nc2ccc(Oc3ccc(C(C)(C)C)cc3)cc2)c1. The summed E-state index contributed by atoms with van der Waals surface area (Å²) in [4.78, 5) is 36.0. The van der Waals surface area contributed by atoms with Crippen molar-refractivity contribution in [2.24, 2.45) is 0 Å². The second-order valence-corrected chi connectivity index (χ2v) is 9.53. The third kappa shape index (κ3) is 8.58. The first-order chi connectivity index (χ1) is 17.1. The molecule has 0 fully saturated rings. The minimum absolute atomic E-state index is 0.0588. The molecule has 7 heteroatoms. The summed E-state index contributed by atoms with van der Waals surface area (Å²) in [6, 6.07) is 22.2. The van der Waals surface area contributed by atoms with Gasteiger partial charge in [0.2, 0.25) is 5.91 Å². The predicted octanol–water partition coefficient (Wildman–Crippen LogP) is 5.99. The number of carbonyl (C=O) groups is 3. The number of aryl methyl sites for hydroxylation is 1. The van der Waals surface area contributed by atoms with Crippen molar-refractivity contribution in [2.45, 2.75) is 46.0 Å². The third-order valence-electron chi connectivity index (χ3n) is 5.32. The van der Waals surface area contributed by atoms with Gasteiger partial charge in [0.05, 0.1) is 6.42 Å². The molecule has 3 aromatic rings. The molecule has 0 aliphatic heterocycles. The van der Waals surface area contributed by atoms with Crippen LogP contribution in [0.5, 0.6) is 11.5 Å². The van der Waals surface area contributed by atoms with Crippen LogP contribution in [0, 0.1) is 6.92 Å². The highest BCUT2D eigenvalue weighted by atomic mass is 16.5. The van der Waals surface area contributed by atoms with Crippen LogP contribution in [0.15, 0.2) is 72.8 Å². The van der Waals surface area contributed by atoms with E-state index in [1.807, 2.05) is 49.4 Å². The van der Waals surface area contributed by atoms with Crippen LogP contribution in [0.2, 0.25) is 0 Å². The van der Waals surface area contributed by atoms with Gasteiger partial charge >= 0.3 is 5.97 Å². The summed E-state index contributed by atoms with van der Waals surface area (Å²) in [5, 5.41) is 5.39. The minimum Gasteiger partial charge on any atom is -0.457 e. The second-order valence-electron chi connectivity index (χ2n) is 9.53. The van der Waals surface area contributed by atoms with E-state index in [-0.39, 0.29) is 24.2 Å². The maximum Gasteiger partial charge on any atom is 0.306 e. The Balaban J connectivity index is 1.38. The number of nitrogens with one attached hydrogen (secondary N) is 2. The van der Waals surface area contributed by atoms with Gasteiger partial charge in [-0.3, -0.25) is 14.4 Å². The predicted molar refractivity (Wildman–Crippen MR) is 140 cm³/mol. The van der Waals surface area contributed by atoms with Crippen LogP contribution in [0.25, 0.3) is 0 Å².